The summed E-state index contributed by atoms with van der Waals surface area (Å²) in [5.41, 5.74) is 5.38. The topological polar surface area (TPSA) is 72.1 Å². The zero-order valence-corrected chi connectivity index (χ0v) is 9.52. The second kappa shape index (κ2) is 4.65. The van der Waals surface area contributed by atoms with E-state index in [2.05, 4.69) is 9.97 Å². The summed E-state index contributed by atoms with van der Waals surface area (Å²) >= 11 is 5.73. The molecule has 1 aliphatic heterocycles. The zero-order valence-electron chi connectivity index (χ0n) is 8.77. The van der Waals surface area contributed by atoms with E-state index in [4.69, 9.17) is 17.3 Å². The highest BCUT2D eigenvalue weighted by Gasteiger charge is 2.27. The molecule has 2 N–H and O–H groups in total. The predicted molar refractivity (Wildman–Crippen MR) is 61.2 cm³/mol. The van der Waals surface area contributed by atoms with Crippen molar-refractivity contribution in [2.45, 2.75) is 25.3 Å². The van der Waals surface area contributed by atoms with Gasteiger partial charge in [0, 0.05) is 12.7 Å². The van der Waals surface area contributed by atoms with Crippen LogP contribution in [0.3, 0.4) is 0 Å². The third-order valence-electron chi connectivity index (χ3n) is 2.74. The third-order valence-corrected chi connectivity index (χ3v) is 2.92. The van der Waals surface area contributed by atoms with Crippen LogP contribution in [-0.2, 0) is 4.79 Å². The first-order valence-corrected chi connectivity index (χ1v) is 5.61. The Hall–Kier alpha value is -1.36. The van der Waals surface area contributed by atoms with E-state index < -0.39 is 0 Å². The standard InChI is InChI=1S/C10H13ClN4O/c11-10-13-5-4-8(14-10)15-6-2-1-3-7(15)9(12)16/h4-5,7H,1-3,6H2,(H2,12,16). The molecule has 1 atom stereocenters. The van der Waals surface area contributed by atoms with Crippen molar-refractivity contribution in [3.63, 3.8) is 0 Å². The van der Waals surface area contributed by atoms with Gasteiger partial charge in [-0.2, -0.15) is 0 Å². The van der Waals surface area contributed by atoms with Crippen LogP contribution in [-0.4, -0.2) is 28.5 Å². The summed E-state index contributed by atoms with van der Waals surface area (Å²) in [4.78, 5) is 21.1. The van der Waals surface area contributed by atoms with Crippen molar-refractivity contribution in [1.82, 2.24) is 9.97 Å². The number of hydrogen-bond acceptors (Lipinski definition) is 4. The van der Waals surface area contributed by atoms with Crippen molar-refractivity contribution in [2.24, 2.45) is 5.73 Å². The Kier molecular flexibility index (Phi) is 3.24. The van der Waals surface area contributed by atoms with Crippen LogP contribution in [0.5, 0.6) is 0 Å². The molecule has 5 nitrogen and oxygen atoms in total. The third kappa shape index (κ3) is 2.24. The summed E-state index contributed by atoms with van der Waals surface area (Å²) in [5.74, 6) is 0.359. The molecule has 0 bridgehead atoms. The molecule has 1 fully saturated rings. The van der Waals surface area contributed by atoms with Crippen LogP contribution in [0.15, 0.2) is 12.3 Å². The molecule has 1 unspecified atom stereocenters. The van der Waals surface area contributed by atoms with Gasteiger partial charge in [0.05, 0.1) is 0 Å². The quantitative estimate of drug-likeness (QED) is 0.782. The lowest BCUT2D eigenvalue weighted by atomic mass is 10.0. The van der Waals surface area contributed by atoms with Gasteiger partial charge in [-0.25, -0.2) is 9.97 Å². The maximum Gasteiger partial charge on any atom is 0.240 e. The lowest BCUT2D eigenvalue weighted by Gasteiger charge is -2.34. The minimum absolute atomic E-state index is 0.186. The largest absolute Gasteiger partial charge is 0.368 e. The zero-order chi connectivity index (χ0) is 11.5. The van der Waals surface area contributed by atoms with Gasteiger partial charge in [0.2, 0.25) is 11.2 Å². The Morgan fingerprint density at radius 3 is 3.06 bits per heavy atom. The molecule has 16 heavy (non-hydrogen) atoms. The van der Waals surface area contributed by atoms with Crippen molar-refractivity contribution in [1.29, 1.82) is 0 Å². The summed E-state index contributed by atoms with van der Waals surface area (Å²) in [6, 6.07) is 1.47. The lowest BCUT2D eigenvalue weighted by Crippen LogP contribution is -2.48. The summed E-state index contributed by atoms with van der Waals surface area (Å²) in [6.07, 6.45) is 4.41. The average Bonchev–Trinajstić information content (AvgIpc) is 2.29. The van der Waals surface area contributed by atoms with Crippen LogP contribution >= 0.6 is 11.6 Å². The van der Waals surface area contributed by atoms with Crippen molar-refractivity contribution in [3.8, 4) is 0 Å². The molecule has 2 heterocycles. The van der Waals surface area contributed by atoms with Crippen LogP contribution in [0, 0.1) is 0 Å². The van der Waals surface area contributed by atoms with E-state index in [9.17, 15) is 4.79 Å². The Morgan fingerprint density at radius 2 is 2.38 bits per heavy atom. The summed E-state index contributed by atoms with van der Waals surface area (Å²) < 4.78 is 0. The molecular weight excluding hydrogens is 228 g/mol. The Balaban J connectivity index is 2.26. The van der Waals surface area contributed by atoms with Crippen molar-refractivity contribution in [2.75, 3.05) is 11.4 Å². The minimum atomic E-state index is -0.311. The molecule has 1 saturated heterocycles. The Labute approximate surface area is 98.6 Å². The van der Waals surface area contributed by atoms with Crippen molar-refractivity contribution >= 4 is 23.3 Å². The molecule has 86 valence electrons. The van der Waals surface area contributed by atoms with Crippen LogP contribution in [0.4, 0.5) is 5.82 Å². The average molecular weight is 241 g/mol. The first-order valence-electron chi connectivity index (χ1n) is 5.23. The second-order valence-electron chi connectivity index (χ2n) is 3.79. The molecule has 0 aromatic carbocycles. The maximum absolute atomic E-state index is 11.3. The number of nitrogens with zero attached hydrogens (tertiary/aromatic N) is 3. The van der Waals surface area contributed by atoms with E-state index >= 15 is 0 Å². The monoisotopic (exact) mass is 240 g/mol. The number of amides is 1. The summed E-state index contributed by atoms with van der Waals surface area (Å²) in [7, 11) is 0. The van der Waals surface area contributed by atoms with Gasteiger partial charge in [0.15, 0.2) is 0 Å². The van der Waals surface area contributed by atoms with Gasteiger partial charge < -0.3 is 10.6 Å². The van der Waals surface area contributed by atoms with E-state index in [1.807, 2.05) is 4.90 Å². The highest BCUT2D eigenvalue weighted by Crippen LogP contribution is 2.23. The van der Waals surface area contributed by atoms with E-state index in [-0.39, 0.29) is 17.2 Å². The molecule has 2 rings (SSSR count). The summed E-state index contributed by atoms with van der Waals surface area (Å²) in [5, 5.41) is 0.186. The van der Waals surface area contributed by atoms with Gasteiger partial charge >= 0.3 is 0 Å². The van der Waals surface area contributed by atoms with Crippen LogP contribution in [0.25, 0.3) is 0 Å². The Bertz CT molecular complexity index is 398. The van der Waals surface area contributed by atoms with E-state index in [0.29, 0.717) is 5.82 Å². The van der Waals surface area contributed by atoms with E-state index in [1.165, 1.54) is 0 Å². The number of halogens is 1. The number of aromatic nitrogens is 2. The predicted octanol–water partition coefficient (Wildman–Crippen LogP) is 0.974. The van der Waals surface area contributed by atoms with Gasteiger partial charge in [-0.1, -0.05) is 0 Å². The first-order chi connectivity index (χ1) is 7.68. The van der Waals surface area contributed by atoms with Crippen molar-refractivity contribution in [3.05, 3.63) is 17.5 Å². The second-order valence-corrected chi connectivity index (χ2v) is 4.13. The van der Waals surface area contributed by atoms with Crippen LogP contribution in [0.2, 0.25) is 5.28 Å². The first kappa shape index (κ1) is 11.1. The van der Waals surface area contributed by atoms with Crippen molar-refractivity contribution < 1.29 is 4.79 Å². The minimum Gasteiger partial charge on any atom is -0.368 e. The Morgan fingerprint density at radius 1 is 1.56 bits per heavy atom. The molecule has 0 radical (unpaired) electrons. The molecule has 1 aliphatic rings. The molecule has 0 saturated carbocycles. The summed E-state index contributed by atoms with van der Waals surface area (Å²) in [6.45, 7) is 0.779. The highest BCUT2D eigenvalue weighted by molar-refractivity contribution is 6.28. The number of hydrogen-bond donors (Lipinski definition) is 1. The number of rotatable bonds is 2. The fourth-order valence-electron chi connectivity index (χ4n) is 1.99. The van der Waals surface area contributed by atoms with Gasteiger partial charge in [-0.15, -0.1) is 0 Å². The molecule has 1 aromatic rings. The number of carbonyl (C=O) groups is 1. The number of nitrogens with two attached hydrogens (primary N) is 1. The smallest absolute Gasteiger partial charge is 0.240 e. The SMILES string of the molecule is NC(=O)C1CCCCN1c1ccnc(Cl)n1. The molecule has 1 aromatic heterocycles. The molecule has 1 amide bonds. The maximum atomic E-state index is 11.3. The number of piperidine rings is 1. The normalized spacial score (nSPS) is 20.8. The molecule has 0 spiro atoms. The number of primary amides is 1. The van der Waals surface area contributed by atoms with Gasteiger partial charge in [0.1, 0.15) is 11.9 Å². The number of anilines is 1. The molecule has 0 aliphatic carbocycles. The number of carbonyl (C=O) groups excluding carboxylic acids is 1. The fourth-order valence-corrected chi connectivity index (χ4v) is 2.13. The van der Waals surface area contributed by atoms with E-state index in [1.54, 1.807) is 12.3 Å². The van der Waals surface area contributed by atoms with Crippen LogP contribution in [0.1, 0.15) is 19.3 Å². The highest BCUT2D eigenvalue weighted by atomic mass is 35.5. The van der Waals surface area contributed by atoms with Gasteiger partial charge in [-0.3, -0.25) is 4.79 Å². The molecular formula is C10H13ClN4O. The van der Waals surface area contributed by atoms with E-state index in [0.717, 1.165) is 25.8 Å². The lowest BCUT2D eigenvalue weighted by molar-refractivity contribution is -0.119. The fraction of sp³-hybridized carbons (Fsp3) is 0.500. The molecule has 6 heteroatoms. The van der Waals surface area contributed by atoms with Gasteiger partial charge in [-0.05, 0) is 36.9 Å². The van der Waals surface area contributed by atoms with Crippen LogP contribution < -0.4 is 10.6 Å². The van der Waals surface area contributed by atoms with Gasteiger partial charge in [0.25, 0.3) is 0 Å².